The first-order valence-electron chi connectivity index (χ1n) is 18.2. The van der Waals surface area contributed by atoms with Crippen molar-refractivity contribution in [1.82, 2.24) is 14.8 Å². The van der Waals surface area contributed by atoms with Gasteiger partial charge >= 0.3 is 11.9 Å². The molecule has 12 heteroatoms. The third kappa shape index (κ3) is 10.3. The largest absolute Gasteiger partial charge is 0.497 e. The lowest BCUT2D eigenvalue weighted by molar-refractivity contribution is -0.155. The van der Waals surface area contributed by atoms with Crippen LogP contribution < -0.4 is 18.9 Å². The second-order valence-electron chi connectivity index (χ2n) is 13.5. The van der Waals surface area contributed by atoms with Gasteiger partial charge in [-0.05, 0) is 105 Å². The van der Waals surface area contributed by atoms with Crippen LogP contribution in [0.5, 0.6) is 23.0 Å². The number of fused-ring (bicyclic) bond motifs is 4. The SMILES string of the molecule is C=C[C@@H]1CN2CC[C@H]1C[C@H]2[C@H](OCC(=O)OCCCN(C)CCCOC(=O)/C=C/c1cc(OC)c(OC)c(OC)c1)c1ccnc2ccc(OC)cc12. The second-order valence-corrected chi connectivity index (χ2v) is 13.5. The van der Waals surface area contributed by atoms with Crippen molar-refractivity contribution in [2.75, 3.05) is 81.5 Å². The summed E-state index contributed by atoms with van der Waals surface area (Å²) in [5.74, 6) is 2.41. The lowest BCUT2D eigenvalue weighted by Gasteiger charge is -2.51. The summed E-state index contributed by atoms with van der Waals surface area (Å²) in [6.07, 6.45) is 10.0. The van der Waals surface area contributed by atoms with Gasteiger partial charge in [-0.15, -0.1) is 6.58 Å². The number of ether oxygens (including phenoxy) is 7. The number of hydrogen-bond acceptors (Lipinski definition) is 12. The van der Waals surface area contributed by atoms with Crippen molar-refractivity contribution < 1.29 is 42.7 Å². The van der Waals surface area contributed by atoms with Gasteiger partial charge in [0.1, 0.15) is 12.4 Å². The Hall–Kier alpha value is -4.65. The molecule has 53 heavy (non-hydrogen) atoms. The maximum absolute atomic E-state index is 12.9. The van der Waals surface area contributed by atoms with E-state index in [1.165, 1.54) is 27.4 Å². The number of benzene rings is 2. The third-order valence-corrected chi connectivity index (χ3v) is 10.1. The quantitative estimate of drug-likeness (QED) is 0.0611. The highest BCUT2D eigenvalue weighted by atomic mass is 16.6. The van der Waals surface area contributed by atoms with Crippen LogP contribution in [0.25, 0.3) is 17.0 Å². The molecule has 3 saturated heterocycles. The highest BCUT2D eigenvalue weighted by molar-refractivity contribution is 5.87. The van der Waals surface area contributed by atoms with E-state index in [1.54, 1.807) is 31.5 Å². The Balaban J connectivity index is 1.05. The molecular weight excluding hydrogens is 678 g/mol. The summed E-state index contributed by atoms with van der Waals surface area (Å²) in [5.41, 5.74) is 2.56. The summed E-state index contributed by atoms with van der Waals surface area (Å²) in [6, 6.07) is 11.5. The number of rotatable bonds is 20. The Morgan fingerprint density at radius 1 is 0.981 bits per heavy atom. The molecule has 2 aromatic carbocycles. The predicted molar refractivity (Wildman–Crippen MR) is 203 cm³/mol. The summed E-state index contributed by atoms with van der Waals surface area (Å²) in [5, 5.41) is 0.957. The average Bonchev–Trinajstić information content (AvgIpc) is 3.19. The van der Waals surface area contributed by atoms with E-state index < -0.39 is 5.97 Å². The number of carbonyl (C=O) groups is 2. The van der Waals surface area contributed by atoms with Gasteiger partial charge in [-0.1, -0.05) is 6.08 Å². The highest BCUT2D eigenvalue weighted by Crippen LogP contribution is 2.44. The summed E-state index contributed by atoms with van der Waals surface area (Å²) >= 11 is 0. The van der Waals surface area contributed by atoms with Crippen LogP contribution in [0.15, 0.2) is 61.3 Å². The zero-order valence-electron chi connectivity index (χ0n) is 31.6. The fourth-order valence-corrected chi connectivity index (χ4v) is 7.37. The van der Waals surface area contributed by atoms with Crippen LogP contribution >= 0.6 is 0 Å². The third-order valence-electron chi connectivity index (χ3n) is 10.1. The molecule has 6 rings (SSSR count). The van der Waals surface area contributed by atoms with Crippen molar-refractivity contribution >= 4 is 28.9 Å². The molecule has 1 unspecified atom stereocenters. The van der Waals surface area contributed by atoms with E-state index in [0.29, 0.717) is 47.5 Å². The zero-order valence-corrected chi connectivity index (χ0v) is 31.6. The smallest absolute Gasteiger partial charge is 0.332 e. The molecule has 0 aliphatic carbocycles. The molecule has 0 saturated carbocycles. The first kappa shape index (κ1) is 39.6. The van der Waals surface area contributed by atoms with E-state index in [4.69, 9.17) is 33.2 Å². The number of methoxy groups -OCH3 is 4. The number of hydrogen-bond donors (Lipinski definition) is 0. The van der Waals surface area contributed by atoms with Crippen molar-refractivity contribution in [3.05, 3.63) is 72.5 Å². The van der Waals surface area contributed by atoms with Crippen LogP contribution in [0.4, 0.5) is 0 Å². The van der Waals surface area contributed by atoms with Crippen LogP contribution in [-0.4, -0.2) is 114 Å². The molecule has 0 N–H and O–H groups in total. The van der Waals surface area contributed by atoms with Gasteiger partial charge in [0.2, 0.25) is 5.75 Å². The van der Waals surface area contributed by atoms with Gasteiger partial charge in [0, 0.05) is 43.3 Å². The molecule has 5 atom stereocenters. The zero-order chi connectivity index (χ0) is 37.7. The molecule has 2 bridgehead atoms. The fourth-order valence-electron chi connectivity index (χ4n) is 7.37. The molecule has 3 aliphatic rings. The summed E-state index contributed by atoms with van der Waals surface area (Å²) in [4.78, 5) is 34.4. The van der Waals surface area contributed by atoms with E-state index in [1.807, 2.05) is 31.3 Å². The summed E-state index contributed by atoms with van der Waals surface area (Å²) in [6.45, 7) is 7.88. The normalized spacial score (nSPS) is 20.0. The molecule has 3 aromatic rings. The minimum Gasteiger partial charge on any atom is -0.497 e. The molecule has 0 amide bonds. The Labute approximate surface area is 312 Å². The lowest BCUT2D eigenvalue weighted by atomic mass is 9.73. The summed E-state index contributed by atoms with van der Waals surface area (Å²) in [7, 11) is 8.25. The molecule has 3 aliphatic heterocycles. The van der Waals surface area contributed by atoms with Gasteiger partial charge in [-0.2, -0.15) is 0 Å². The molecule has 286 valence electrons. The number of esters is 2. The van der Waals surface area contributed by atoms with Crippen molar-refractivity contribution in [1.29, 1.82) is 0 Å². The van der Waals surface area contributed by atoms with Crippen LogP contribution in [0.1, 0.15) is 42.9 Å². The number of aromatic nitrogens is 1. The Morgan fingerprint density at radius 2 is 1.72 bits per heavy atom. The van der Waals surface area contributed by atoms with Crippen LogP contribution in [0, 0.1) is 11.8 Å². The van der Waals surface area contributed by atoms with E-state index >= 15 is 0 Å². The van der Waals surface area contributed by atoms with Gasteiger partial charge < -0.3 is 38.1 Å². The van der Waals surface area contributed by atoms with Crippen molar-refractivity contribution in [2.24, 2.45) is 11.8 Å². The van der Waals surface area contributed by atoms with Gasteiger partial charge in [0.05, 0.1) is 53.3 Å². The van der Waals surface area contributed by atoms with E-state index in [2.05, 4.69) is 27.4 Å². The molecule has 12 nitrogen and oxygen atoms in total. The number of piperidine rings is 3. The minimum absolute atomic E-state index is 0.125. The molecule has 1 aromatic heterocycles. The molecule has 0 radical (unpaired) electrons. The Kier molecular flexibility index (Phi) is 14.5. The highest BCUT2D eigenvalue weighted by Gasteiger charge is 2.43. The first-order chi connectivity index (χ1) is 25.8. The lowest BCUT2D eigenvalue weighted by Crippen LogP contribution is -2.55. The molecular formula is C41H53N3O9. The molecule has 4 heterocycles. The van der Waals surface area contributed by atoms with Gasteiger partial charge in [0.15, 0.2) is 11.5 Å². The average molecular weight is 732 g/mol. The standard InChI is InChI=1S/C41H53N3O9/c1-7-29-26-44-19-15-30(29)24-35(44)40(32-14-16-42-34-12-11-31(47-3)25-33(32)34)53-27-39(46)52-21-9-18-43(2)17-8-20-51-38(45)13-10-28-22-36(48-4)41(50-6)37(23-28)49-5/h7,10-14,16,22-23,25,29-30,35,40H,1,8-9,15,17-21,24,26-27H2,2-6H3/b13-10+/t29-,30+,35+,40-/m1/s1. The minimum atomic E-state index is -0.441. The molecule has 3 fully saturated rings. The number of pyridine rings is 1. The van der Waals surface area contributed by atoms with Crippen molar-refractivity contribution in [3.63, 3.8) is 0 Å². The van der Waals surface area contributed by atoms with Gasteiger partial charge in [-0.25, -0.2) is 9.59 Å². The first-order valence-corrected chi connectivity index (χ1v) is 18.2. The second kappa shape index (κ2) is 19.4. The number of nitrogens with zero attached hydrogens (tertiary/aromatic N) is 3. The Bertz CT molecular complexity index is 1700. The van der Waals surface area contributed by atoms with Crippen LogP contribution in [-0.2, 0) is 23.8 Å². The number of carbonyl (C=O) groups excluding carboxylic acids is 2. The maximum atomic E-state index is 12.9. The maximum Gasteiger partial charge on any atom is 0.332 e. The molecule has 0 spiro atoms. The van der Waals surface area contributed by atoms with E-state index in [0.717, 1.165) is 61.2 Å². The van der Waals surface area contributed by atoms with Crippen LogP contribution in [0.2, 0.25) is 0 Å². The summed E-state index contributed by atoms with van der Waals surface area (Å²) < 4.78 is 39.1. The van der Waals surface area contributed by atoms with Crippen molar-refractivity contribution in [3.8, 4) is 23.0 Å². The predicted octanol–water partition coefficient (Wildman–Crippen LogP) is 5.74. The monoisotopic (exact) mass is 731 g/mol. The van der Waals surface area contributed by atoms with Gasteiger partial charge in [0.25, 0.3) is 0 Å². The van der Waals surface area contributed by atoms with Crippen LogP contribution in [0.3, 0.4) is 0 Å². The van der Waals surface area contributed by atoms with E-state index in [9.17, 15) is 9.59 Å². The topological polar surface area (TPSA) is 118 Å². The Morgan fingerprint density at radius 3 is 2.36 bits per heavy atom. The van der Waals surface area contributed by atoms with Gasteiger partial charge in [-0.3, -0.25) is 9.88 Å². The van der Waals surface area contributed by atoms with E-state index in [-0.39, 0.29) is 37.9 Å². The fraction of sp³-hybridized carbons (Fsp3) is 0.488. The van der Waals surface area contributed by atoms with Crippen molar-refractivity contribution in [2.45, 2.75) is 37.8 Å².